The number of hydrogen-bond donors (Lipinski definition) is 2. The molecule has 2 heterocycles. The van der Waals surface area contributed by atoms with Gasteiger partial charge in [-0.2, -0.15) is 0 Å². The Morgan fingerprint density at radius 1 is 1.00 bits per heavy atom. The highest BCUT2D eigenvalue weighted by Crippen LogP contribution is 2.35. The number of carbonyl (C=O) groups excluding carboxylic acids is 1. The van der Waals surface area contributed by atoms with Crippen LogP contribution in [0.25, 0.3) is 6.08 Å². The number of rotatable bonds is 11. The third-order valence-electron chi connectivity index (χ3n) is 6.67. The Kier molecular flexibility index (Phi) is 9.71. The van der Waals surface area contributed by atoms with Crippen LogP contribution >= 0.6 is 0 Å². The highest BCUT2D eigenvalue weighted by Gasteiger charge is 2.50. The van der Waals surface area contributed by atoms with Gasteiger partial charge < -0.3 is 33.9 Å². The smallest absolute Gasteiger partial charge is 0.229 e. The monoisotopic (exact) mass is 512 g/mol. The summed E-state index contributed by atoms with van der Waals surface area (Å²) in [4.78, 5) is 11.1. The molecule has 2 saturated heterocycles. The summed E-state index contributed by atoms with van der Waals surface area (Å²) in [6.45, 7) is 2.35. The number of hydrogen-bond acceptors (Lipinski definition) is 8. The topological polar surface area (TPSA) is 104 Å². The molecule has 0 amide bonds. The molecule has 0 radical (unpaired) electrons. The molecule has 0 aromatic heterocycles. The summed E-state index contributed by atoms with van der Waals surface area (Å²) in [6, 6.07) is 14.6. The lowest BCUT2D eigenvalue weighted by molar-refractivity contribution is -0.340. The minimum atomic E-state index is -1.37. The van der Waals surface area contributed by atoms with E-state index in [4.69, 9.17) is 23.7 Å². The largest absolute Gasteiger partial charge is 0.493 e. The summed E-state index contributed by atoms with van der Waals surface area (Å²) in [5.74, 6) is 0.588. The first-order chi connectivity index (χ1) is 18.0. The van der Waals surface area contributed by atoms with Crippen molar-refractivity contribution < 1.29 is 38.7 Å². The van der Waals surface area contributed by atoms with Gasteiger partial charge >= 0.3 is 0 Å². The normalized spacial score (nSPS) is 27.8. The molecule has 0 bridgehead atoms. The second kappa shape index (κ2) is 13.2. The molecule has 2 aliphatic rings. The number of aliphatic hydroxyl groups is 2. The molecule has 2 N–H and O–H groups in total. The fourth-order valence-corrected chi connectivity index (χ4v) is 4.62. The Hall–Kier alpha value is -2.75. The number of carbonyl (C=O) groups is 1. The van der Waals surface area contributed by atoms with Crippen LogP contribution in [0, 0.1) is 0 Å². The van der Waals surface area contributed by atoms with E-state index >= 15 is 0 Å². The van der Waals surface area contributed by atoms with Crippen molar-refractivity contribution in [3.8, 4) is 11.5 Å². The van der Waals surface area contributed by atoms with Gasteiger partial charge in [-0.05, 0) is 42.2 Å². The molecule has 200 valence electrons. The first-order valence-corrected chi connectivity index (χ1v) is 12.9. The lowest BCUT2D eigenvalue weighted by Crippen LogP contribution is -2.64. The minimum absolute atomic E-state index is 0.168. The number of aldehydes is 1. The standard InChI is InChI=1S/C29H36O8/c1-3-4-5-9-12-21(15-19-10-7-6-8-11-19)28-34-18-24-27(37-28)25(31)26(32)29(36-24)35-22-14-13-20(17-30)16-23(22)33-2/h6-8,10-11,13-17,24-29,31-32H,3-5,9,12,18H2,1-2H3/t24-,25-,26-,27-,28?,29-/m1/s1. The zero-order chi connectivity index (χ0) is 26.2. The Morgan fingerprint density at radius 2 is 1.81 bits per heavy atom. The molecule has 37 heavy (non-hydrogen) atoms. The number of benzene rings is 2. The van der Waals surface area contributed by atoms with Gasteiger partial charge in [0, 0.05) is 5.56 Å². The Bertz CT molecular complexity index is 1040. The van der Waals surface area contributed by atoms with E-state index in [-0.39, 0.29) is 12.4 Å². The molecule has 2 aliphatic heterocycles. The predicted molar refractivity (Wildman–Crippen MR) is 137 cm³/mol. The maximum Gasteiger partial charge on any atom is 0.229 e. The van der Waals surface area contributed by atoms with Gasteiger partial charge in [0.05, 0.1) is 13.7 Å². The molecule has 0 aliphatic carbocycles. The molecule has 2 aromatic carbocycles. The molecule has 2 fully saturated rings. The van der Waals surface area contributed by atoms with Crippen molar-refractivity contribution in [2.24, 2.45) is 0 Å². The fourth-order valence-electron chi connectivity index (χ4n) is 4.62. The maximum absolute atomic E-state index is 11.1. The number of aliphatic hydroxyl groups excluding tert-OH is 2. The van der Waals surface area contributed by atoms with E-state index in [0.29, 0.717) is 17.6 Å². The van der Waals surface area contributed by atoms with E-state index in [1.165, 1.54) is 19.6 Å². The van der Waals surface area contributed by atoms with Crippen LogP contribution in [0.2, 0.25) is 0 Å². The quantitative estimate of drug-likeness (QED) is 0.342. The van der Waals surface area contributed by atoms with Crippen molar-refractivity contribution in [3.63, 3.8) is 0 Å². The van der Waals surface area contributed by atoms with E-state index in [9.17, 15) is 15.0 Å². The van der Waals surface area contributed by atoms with Crippen molar-refractivity contribution >= 4 is 12.4 Å². The first kappa shape index (κ1) is 27.3. The fraction of sp³-hybridized carbons (Fsp3) is 0.483. The number of ether oxygens (including phenoxy) is 5. The maximum atomic E-state index is 11.1. The molecule has 0 saturated carbocycles. The Morgan fingerprint density at radius 3 is 2.54 bits per heavy atom. The van der Waals surface area contributed by atoms with Crippen molar-refractivity contribution in [1.29, 1.82) is 0 Å². The van der Waals surface area contributed by atoms with Crippen LogP contribution in [0.3, 0.4) is 0 Å². The van der Waals surface area contributed by atoms with Crippen molar-refractivity contribution in [2.45, 2.75) is 76.0 Å². The third kappa shape index (κ3) is 6.77. The molecule has 8 nitrogen and oxygen atoms in total. The number of unbranched alkanes of at least 4 members (excludes halogenated alkanes) is 3. The highest BCUT2D eigenvalue weighted by molar-refractivity contribution is 5.76. The summed E-state index contributed by atoms with van der Waals surface area (Å²) in [6.07, 6.45) is 2.12. The van der Waals surface area contributed by atoms with E-state index < -0.39 is 37.0 Å². The number of methoxy groups -OCH3 is 1. The van der Waals surface area contributed by atoms with E-state index in [1.807, 2.05) is 30.3 Å². The van der Waals surface area contributed by atoms with Crippen molar-refractivity contribution in [1.82, 2.24) is 0 Å². The molecule has 6 atom stereocenters. The molecule has 1 unspecified atom stereocenters. The zero-order valence-corrected chi connectivity index (χ0v) is 21.3. The van der Waals surface area contributed by atoms with Gasteiger partial charge in [0.15, 0.2) is 17.8 Å². The van der Waals surface area contributed by atoms with E-state index in [0.717, 1.165) is 36.8 Å². The van der Waals surface area contributed by atoms with Gasteiger partial charge in [0.25, 0.3) is 0 Å². The molecule has 2 aromatic rings. The molecular formula is C29H36O8. The molecule has 8 heteroatoms. The van der Waals surface area contributed by atoms with Crippen molar-refractivity contribution in [2.75, 3.05) is 13.7 Å². The van der Waals surface area contributed by atoms with Crippen molar-refractivity contribution in [3.05, 3.63) is 65.2 Å². The molecule has 4 rings (SSSR count). The van der Waals surface area contributed by atoms with E-state index in [2.05, 4.69) is 13.0 Å². The van der Waals surface area contributed by atoms with Crippen LogP contribution in [0.5, 0.6) is 11.5 Å². The Labute approximate surface area is 217 Å². The van der Waals surface area contributed by atoms with Gasteiger partial charge in [0.2, 0.25) is 6.29 Å². The van der Waals surface area contributed by atoms with Gasteiger partial charge in [-0.25, -0.2) is 0 Å². The summed E-state index contributed by atoms with van der Waals surface area (Å²) in [5.41, 5.74) is 2.45. The lowest BCUT2D eigenvalue weighted by atomic mass is 9.97. The van der Waals surface area contributed by atoms with Crippen LogP contribution in [0.15, 0.2) is 54.1 Å². The molecular weight excluding hydrogens is 476 g/mol. The predicted octanol–water partition coefficient (Wildman–Crippen LogP) is 4.13. The summed E-state index contributed by atoms with van der Waals surface area (Å²) >= 11 is 0. The first-order valence-electron chi connectivity index (χ1n) is 12.9. The van der Waals surface area contributed by atoms with Crippen LogP contribution in [0.1, 0.15) is 54.9 Å². The highest BCUT2D eigenvalue weighted by atomic mass is 16.8. The third-order valence-corrected chi connectivity index (χ3v) is 6.67. The Balaban J connectivity index is 1.46. The van der Waals surface area contributed by atoms with E-state index in [1.54, 1.807) is 12.1 Å². The van der Waals surface area contributed by atoms with Gasteiger partial charge in [-0.1, -0.05) is 62.6 Å². The second-order valence-corrected chi connectivity index (χ2v) is 9.38. The summed E-state index contributed by atoms with van der Waals surface area (Å²) in [7, 11) is 1.45. The lowest BCUT2D eigenvalue weighted by Gasteiger charge is -2.46. The van der Waals surface area contributed by atoms with Gasteiger partial charge in [-0.15, -0.1) is 0 Å². The molecule has 0 spiro atoms. The van der Waals surface area contributed by atoms with Gasteiger partial charge in [-0.3, -0.25) is 4.79 Å². The zero-order valence-electron chi connectivity index (χ0n) is 21.3. The minimum Gasteiger partial charge on any atom is -0.493 e. The SMILES string of the molecule is CCCCCCC(=Cc1ccccc1)C1OC[C@H]2O[C@@H](Oc3ccc(C=O)cc3OC)[C@H](O)[C@@H](O)[C@@H]2O1. The average Bonchev–Trinajstić information content (AvgIpc) is 2.93. The summed E-state index contributed by atoms with van der Waals surface area (Å²) in [5, 5.41) is 21.8. The van der Waals surface area contributed by atoms with Crippen LogP contribution in [-0.2, 0) is 14.2 Å². The summed E-state index contributed by atoms with van der Waals surface area (Å²) < 4.78 is 29.4. The number of fused-ring (bicyclic) bond motifs is 1. The van der Waals surface area contributed by atoms with Crippen LogP contribution < -0.4 is 9.47 Å². The average molecular weight is 513 g/mol. The van der Waals surface area contributed by atoms with Crippen LogP contribution in [0.4, 0.5) is 0 Å². The van der Waals surface area contributed by atoms with Gasteiger partial charge in [0.1, 0.15) is 30.7 Å². The van der Waals surface area contributed by atoms with Crippen LogP contribution in [-0.4, -0.2) is 67.2 Å². The second-order valence-electron chi connectivity index (χ2n) is 9.38.